The van der Waals surface area contributed by atoms with Gasteiger partial charge in [0, 0.05) is 12.1 Å². The van der Waals surface area contributed by atoms with Gasteiger partial charge in [0.2, 0.25) is 5.65 Å². The highest BCUT2D eigenvalue weighted by Crippen LogP contribution is 2.40. The minimum absolute atomic E-state index is 0.0358. The Balaban J connectivity index is 2.07. The number of carbonyl (C=O) groups is 1. The van der Waals surface area contributed by atoms with Crippen molar-refractivity contribution in [3.63, 3.8) is 0 Å². The number of rotatable bonds is 11. The second-order valence-corrected chi connectivity index (χ2v) is 7.92. The number of amides is 2. The number of nitrogens with one attached hydrogen (secondary N) is 1. The van der Waals surface area contributed by atoms with Crippen LogP contribution in [0.1, 0.15) is 31.5 Å². The van der Waals surface area contributed by atoms with E-state index in [1.807, 2.05) is 5.32 Å². The van der Waals surface area contributed by atoms with Gasteiger partial charge in [-0.1, -0.05) is 0 Å². The average molecular weight is 549 g/mol. The fourth-order valence-electron chi connectivity index (χ4n) is 3.79. The molecule has 0 aliphatic carbocycles. The van der Waals surface area contributed by atoms with E-state index in [1.54, 1.807) is 0 Å². The molecule has 3 heterocycles. The van der Waals surface area contributed by atoms with Gasteiger partial charge >= 0.3 is 12.2 Å². The summed E-state index contributed by atoms with van der Waals surface area (Å²) in [6.45, 7) is -0.165. The predicted octanol–water partition coefficient (Wildman–Crippen LogP) is 4.22. The van der Waals surface area contributed by atoms with Crippen LogP contribution in [0.3, 0.4) is 0 Å². The van der Waals surface area contributed by atoms with Crippen molar-refractivity contribution < 1.29 is 40.6 Å². The Morgan fingerprint density at radius 1 is 1.21 bits per heavy atom. The Bertz CT molecular complexity index is 1240. The van der Waals surface area contributed by atoms with E-state index in [0.717, 1.165) is 12.3 Å². The molecule has 0 aromatic carbocycles. The topological polar surface area (TPSA) is 107 Å². The van der Waals surface area contributed by atoms with Crippen molar-refractivity contribution >= 4 is 11.7 Å². The van der Waals surface area contributed by atoms with E-state index in [1.165, 1.54) is 38.2 Å². The summed E-state index contributed by atoms with van der Waals surface area (Å²) in [5, 5.41) is 5.89. The van der Waals surface area contributed by atoms with Crippen LogP contribution in [0.15, 0.2) is 24.8 Å². The van der Waals surface area contributed by atoms with E-state index >= 15 is 0 Å². The lowest BCUT2D eigenvalue weighted by atomic mass is 10.1. The molecule has 0 aliphatic rings. The molecule has 2 amide bonds. The van der Waals surface area contributed by atoms with Crippen LogP contribution in [0.5, 0.6) is 11.6 Å². The maximum absolute atomic E-state index is 14.4. The van der Waals surface area contributed by atoms with Crippen molar-refractivity contribution in [2.24, 2.45) is 0 Å². The molecule has 38 heavy (non-hydrogen) atoms. The van der Waals surface area contributed by atoms with Crippen molar-refractivity contribution in [2.75, 3.05) is 27.4 Å². The van der Waals surface area contributed by atoms with Gasteiger partial charge in [-0.3, -0.25) is 9.37 Å². The average Bonchev–Trinajstić information content (AvgIpc) is 3.36. The molecule has 2 atom stereocenters. The molecule has 0 fully saturated rings. The number of nitrogens with zero attached hydrogens (tertiary/aromatic N) is 6. The lowest BCUT2D eigenvalue weighted by molar-refractivity contribution is -0.179. The summed E-state index contributed by atoms with van der Waals surface area (Å²) in [6.07, 6.45) is -5.25. The molecule has 3 aromatic heterocycles. The van der Waals surface area contributed by atoms with Gasteiger partial charge in [-0.15, -0.1) is 0 Å². The van der Waals surface area contributed by atoms with Gasteiger partial charge in [0.05, 0.1) is 50.7 Å². The number of aromatic nitrogens is 5. The van der Waals surface area contributed by atoms with Crippen LogP contribution in [0, 0.1) is 0 Å². The molecular formula is C22H25F6N7O3. The first-order chi connectivity index (χ1) is 18.0. The molecule has 0 bridgehead atoms. The molecule has 0 unspecified atom stereocenters. The number of ether oxygens (including phenoxy) is 2. The van der Waals surface area contributed by atoms with Crippen molar-refractivity contribution in [2.45, 2.75) is 44.5 Å². The largest absolute Gasteiger partial charge is 0.494 e. The maximum atomic E-state index is 14.4. The maximum Gasteiger partial charge on any atom is 0.414 e. The zero-order valence-corrected chi connectivity index (χ0v) is 20.5. The van der Waals surface area contributed by atoms with E-state index in [2.05, 4.69) is 20.1 Å². The summed E-state index contributed by atoms with van der Waals surface area (Å²) in [4.78, 5) is 25.2. The SMILES string of the molecule is CCN(C(=O)N[C@@H](CCCF)C(F)F)[C@@H](c1cc(-c2cn3ncnc3c(OC)n2)c(OC)cn1)C(F)(F)F. The Hall–Kier alpha value is -3.85. The lowest BCUT2D eigenvalue weighted by Gasteiger charge is -2.33. The standard InChI is InChI=1S/C22H25F6N7O3/c1-4-34(21(36)33-13(18(24)25)6-5-7-23)17(22(26,27)28)14-8-12(16(37-2)9-29-14)15-10-35-19(30-11-31-35)20(32-15)38-3/h8-11,13,17-18H,4-7H2,1-3H3,(H,33,36)/t13-,17-/m0/s1. The number of fused-ring (bicyclic) bond motifs is 1. The predicted molar refractivity (Wildman–Crippen MR) is 122 cm³/mol. The van der Waals surface area contributed by atoms with E-state index < -0.39 is 56.1 Å². The van der Waals surface area contributed by atoms with Crippen LogP contribution in [0.25, 0.3) is 16.9 Å². The quantitative estimate of drug-likeness (QED) is 0.357. The molecule has 10 nitrogen and oxygen atoms in total. The van der Waals surface area contributed by atoms with Crippen LogP contribution in [-0.2, 0) is 0 Å². The highest BCUT2D eigenvalue weighted by Gasteiger charge is 2.48. The highest BCUT2D eigenvalue weighted by atomic mass is 19.4. The van der Waals surface area contributed by atoms with E-state index in [-0.39, 0.29) is 35.0 Å². The van der Waals surface area contributed by atoms with Crippen molar-refractivity contribution in [1.29, 1.82) is 0 Å². The first-order valence-corrected chi connectivity index (χ1v) is 11.3. The van der Waals surface area contributed by atoms with E-state index in [9.17, 15) is 31.1 Å². The second-order valence-electron chi connectivity index (χ2n) is 7.92. The number of urea groups is 1. The second kappa shape index (κ2) is 12.1. The smallest absolute Gasteiger partial charge is 0.414 e. The zero-order valence-electron chi connectivity index (χ0n) is 20.5. The Kier molecular flexibility index (Phi) is 9.17. The van der Waals surface area contributed by atoms with Crippen LogP contribution in [-0.4, -0.2) is 81.6 Å². The van der Waals surface area contributed by atoms with Gasteiger partial charge in [-0.25, -0.2) is 28.1 Å². The molecular weight excluding hydrogens is 524 g/mol. The summed E-state index contributed by atoms with van der Waals surface area (Å²) in [6, 6.07) is -4.81. The first-order valence-electron chi connectivity index (χ1n) is 11.3. The minimum atomic E-state index is -5.05. The summed E-state index contributed by atoms with van der Waals surface area (Å²) in [5.41, 5.74) is -0.208. The third kappa shape index (κ3) is 6.16. The third-order valence-corrected chi connectivity index (χ3v) is 5.57. The normalized spacial score (nSPS) is 13.4. The molecule has 1 N–H and O–H groups in total. The Morgan fingerprint density at radius 2 is 1.95 bits per heavy atom. The minimum Gasteiger partial charge on any atom is -0.494 e. The van der Waals surface area contributed by atoms with Gasteiger partial charge < -0.3 is 19.7 Å². The number of hydrogen-bond acceptors (Lipinski definition) is 7. The van der Waals surface area contributed by atoms with Crippen molar-refractivity contribution in [3.05, 3.63) is 30.5 Å². The van der Waals surface area contributed by atoms with Crippen LogP contribution < -0.4 is 14.8 Å². The molecule has 3 aromatic rings. The summed E-state index contributed by atoms with van der Waals surface area (Å²) in [7, 11) is 2.61. The molecule has 0 saturated heterocycles. The highest BCUT2D eigenvalue weighted by molar-refractivity contribution is 5.75. The summed E-state index contributed by atoms with van der Waals surface area (Å²) < 4.78 is 94.0. The Labute approximate surface area is 213 Å². The number of halogens is 6. The van der Waals surface area contributed by atoms with Gasteiger partial charge in [0.15, 0.2) is 6.04 Å². The Morgan fingerprint density at radius 3 is 2.53 bits per heavy atom. The molecule has 208 valence electrons. The molecule has 3 rings (SSSR count). The van der Waals surface area contributed by atoms with E-state index in [4.69, 9.17) is 9.47 Å². The number of carbonyl (C=O) groups excluding carboxylic acids is 1. The number of pyridine rings is 1. The molecule has 0 saturated carbocycles. The fourth-order valence-corrected chi connectivity index (χ4v) is 3.79. The van der Waals surface area contributed by atoms with Crippen molar-refractivity contribution in [3.8, 4) is 22.9 Å². The molecule has 0 spiro atoms. The number of methoxy groups -OCH3 is 2. The van der Waals surface area contributed by atoms with Crippen LogP contribution in [0.2, 0.25) is 0 Å². The molecule has 16 heteroatoms. The monoisotopic (exact) mass is 549 g/mol. The zero-order chi connectivity index (χ0) is 28.0. The van der Waals surface area contributed by atoms with Gasteiger partial charge in [0.25, 0.3) is 12.3 Å². The first kappa shape index (κ1) is 28.7. The van der Waals surface area contributed by atoms with Gasteiger partial charge in [0.1, 0.15) is 12.1 Å². The molecule has 0 radical (unpaired) electrons. The fraction of sp³-hybridized carbons (Fsp3) is 0.500. The lowest BCUT2D eigenvalue weighted by Crippen LogP contribution is -2.51. The van der Waals surface area contributed by atoms with Crippen LogP contribution in [0.4, 0.5) is 31.1 Å². The van der Waals surface area contributed by atoms with E-state index in [0.29, 0.717) is 4.90 Å². The van der Waals surface area contributed by atoms with Gasteiger partial charge in [-0.05, 0) is 25.8 Å². The van der Waals surface area contributed by atoms with Gasteiger partial charge in [-0.2, -0.15) is 18.3 Å². The summed E-state index contributed by atoms with van der Waals surface area (Å²) in [5.74, 6) is 0.0915. The molecule has 0 aliphatic heterocycles. The number of alkyl halides is 6. The van der Waals surface area contributed by atoms with Crippen LogP contribution >= 0.6 is 0 Å². The summed E-state index contributed by atoms with van der Waals surface area (Å²) >= 11 is 0. The number of hydrogen-bond donors (Lipinski definition) is 1. The van der Waals surface area contributed by atoms with Crippen molar-refractivity contribution in [1.82, 2.24) is 34.8 Å². The third-order valence-electron chi connectivity index (χ3n) is 5.57.